The van der Waals surface area contributed by atoms with Crippen molar-refractivity contribution in [2.75, 3.05) is 11.6 Å². The van der Waals surface area contributed by atoms with Crippen molar-refractivity contribution in [3.8, 4) is 0 Å². The number of carbonyl (C=O) groups excluding carboxylic acids is 1. The number of ketones is 1. The van der Waals surface area contributed by atoms with Crippen LogP contribution in [0.2, 0.25) is 0 Å². The number of fused-ring (bicyclic) bond motifs is 7. The SMILES string of the molecule is Cc1ccccc1N1C[C@@H]2C[C@H]3[C@@H]4C[C@H](F)C5=CC(=O)C=C[C@]5(C)[C@@]4(F)[C@@H](O)C[C@]3(C)[C@]2(C(=O)O)O1. The number of halogens is 2. The van der Waals surface area contributed by atoms with Crippen LogP contribution in [0.4, 0.5) is 14.5 Å². The summed E-state index contributed by atoms with van der Waals surface area (Å²) >= 11 is 0. The lowest BCUT2D eigenvalue weighted by Gasteiger charge is -2.62. The van der Waals surface area contributed by atoms with E-state index in [1.165, 1.54) is 12.2 Å². The van der Waals surface area contributed by atoms with Crippen LogP contribution in [0.5, 0.6) is 0 Å². The maximum absolute atomic E-state index is 17.3. The Hall–Kier alpha value is -2.58. The summed E-state index contributed by atoms with van der Waals surface area (Å²) in [6.45, 7) is 5.54. The van der Waals surface area contributed by atoms with E-state index >= 15 is 8.78 Å². The van der Waals surface area contributed by atoms with Crippen molar-refractivity contribution in [3.63, 3.8) is 0 Å². The van der Waals surface area contributed by atoms with Gasteiger partial charge in [0.1, 0.15) is 6.17 Å². The first-order chi connectivity index (χ1) is 16.9. The molecule has 0 bridgehead atoms. The summed E-state index contributed by atoms with van der Waals surface area (Å²) in [6.07, 6.45) is 0.677. The molecule has 1 heterocycles. The number of alkyl halides is 2. The van der Waals surface area contributed by atoms with Crippen LogP contribution >= 0.6 is 0 Å². The maximum atomic E-state index is 17.3. The van der Waals surface area contributed by atoms with Gasteiger partial charge in [0.05, 0.1) is 18.3 Å². The number of hydrogen-bond donors (Lipinski definition) is 2. The topological polar surface area (TPSA) is 87.1 Å². The van der Waals surface area contributed by atoms with Crippen molar-refractivity contribution in [1.82, 2.24) is 0 Å². The van der Waals surface area contributed by atoms with E-state index in [1.54, 1.807) is 18.9 Å². The zero-order valence-electron chi connectivity index (χ0n) is 20.6. The summed E-state index contributed by atoms with van der Waals surface area (Å²) < 4.78 is 32.9. The lowest BCUT2D eigenvalue weighted by atomic mass is 9.44. The van der Waals surface area contributed by atoms with Gasteiger partial charge >= 0.3 is 5.97 Å². The Morgan fingerprint density at radius 1 is 1.19 bits per heavy atom. The maximum Gasteiger partial charge on any atom is 0.339 e. The molecule has 0 aromatic heterocycles. The highest BCUT2D eigenvalue weighted by atomic mass is 19.1. The second-order valence-electron chi connectivity index (χ2n) is 11.8. The molecule has 2 N–H and O–H groups in total. The number of aliphatic carboxylic acids is 1. The molecule has 3 saturated carbocycles. The summed E-state index contributed by atoms with van der Waals surface area (Å²) in [5.41, 5.74) is -4.78. The predicted molar refractivity (Wildman–Crippen MR) is 127 cm³/mol. The number of hydrogen-bond acceptors (Lipinski definition) is 5. The van der Waals surface area contributed by atoms with Gasteiger partial charge in [0.15, 0.2) is 11.5 Å². The van der Waals surface area contributed by atoms with Crippen LogP contribution in [0.1, 0.15) is 38.7 Å². The smallest absolute Gasteiger partial charge is 0.339 e. The third kappa shape index (κ3) is 2.57. The van der Waals surface area contributed by atoms with Crippen LogP contribution in [0, 0.1) is 35.5 Å². The fourth-order valence-electron chi connectivity index (χ4n) is 8.60. The third-order valence-corrected chi connectivity index (χ3v) is 10.3. The lowest BCUT2D eigenvalue weighted by Crippen LogP contribution is -2.70. The molecule has 0 spiro atoms. The average molecular weight is 500 g/mol. The molecule has 6 nitrogen and oxygen atoms in total. The molecule has 5 aliphatic rings. The van der Waals surface area contributed by atoms with Crippen LogP contribution < -0.4 is 5.06 Å². The highest BCUT2D eigenvalue weighted by Gasteiger charge is 2.80. The molecule has 0 unspecified atom stereocenters. The number of hydroxylamine groups is 1. The van der Waals surface area contributed by atoms with Gasteiger partial charge in [-0.1, -0.05) is 31.2 Å². The predicted octanol–water partition coefficient (Wildman–Crippen LogP) is 4.11. The van der Waals surface area contributed by atoms with E-state index in [-0.39, 0.29) is 18.4 Å². The zero-order chi connectivity index (χ0) is 25.8. The van der Waals surface area contributed by atoms with Gasteiger partial charge in [0.2, 0.25) is 5.60 Å². The molecule has 1 aromatic carbocycles. The second kappa shape index (κ2) is 7.25. The molecule has 1 aliphatic heterocycles. The Morgan fingerprint density at radius 2 is 1.92 bits per heavy atom. The molecule has 4 aliphatic carbocycles. The number of allylic oxidation sites excluding steroid dienone is 4. The van der Waals surface area contributed by atoms with Crippen molar-refractivity contribution in [1.29, 1.82) is 0 Å². The van der Waals surface area contributed by atoms with E-state index in [9.17, 15) is 19.8 Å². The second-order valence-corrected chi connectivity index (χ2v) is 11.8. The van der Waals surface area contributed by atoms with Gasteiger partial charge in [-0.25, -0.2) is 13.6 Å². The van der Waals surface area contributed by atoms with E-state index in [4.69, 9.17) is 4.84 Å². The van der Waals surface area contributed by atoms with Crippen LogP contribution in [0.15, 0.2) is 48.1 Å². The Morgan fingerprint density at radius 3 is 2.61 bits per heavy atom. The van der Waals surface area contributed by atoms with Gasteiger partial charge in [-0.15, -0.1) is 0 Å². The van der Waals surface area contributed by atoms with Crippen molar-refractivity contribution in [2.24, 2.45) is 28.6 Å². The number of aliphatic hydroxyl groups excluding tert-OH is 1. The molecule has 8 heteroatoms. The number of aliphatic hydroxyl groups is 1. The monoisotopic (exact) mass is 499 g/mol. The van der Waals surface area contributed by atoms with E-state index < -0.39 is 63.9 Å². The Balaban J connectivity index is 1.45. The molecule has 1 saturated heterocycles. The molecule has 0 amide bonds. The summed E-state index contributed by atoms with van der Waals surface area (Å²) in [6, 6.07) is 7.54. The van der Waals surface area contributed by atoms with Gasteiger partial charge in [0, 0.05) is 22.7 Å². The fourth-order valence-corrected chi connectivity index (χ4v) is 8.60. The molecular weight excluding hydrogens is 468 g/mol. The van der Waals surface area contributed by atoms with Gasteiger partial charge in [-0.3, -0.25) is 14.7 Å². The summed E-state index contributed by atoms with van der Waals surface area (Å²) in [7, 11) is 0. The van der Waals surface area contributed by atoms with Crippen LogP contribution in [0.25, 0.3) is 0 Å². The van der Waals surface area contributed by atoms with Gasteiger partial charge < -0.3 is 10.2 Å². The van der Waals surface area contributed by atoms with E-state index in [0.29, 0.717) is 13.0 Å². The molecule has 1 aromatic rings. The van der Waals surface area contributed by atoms with Crippen molar-refractivity contribution >= 4 is 17.4 Å². The first-order valence-corrected chi connectivity index (χ1v) is 12.6. The van der Waals surface area contributed by atoms with Gasteiger partial charge in [-0.05, 0) is 68.4 Å². The highest BCUT2D eigenvalue weighted by Crippen LogP contribution is 2.72. The number of nitrogens with zero attached hydrogens (tertiary/aromatic N) is 1. The Kier molecular flexibility index (Phi) is 4.80. The number of benzene rings is 1. The molecule has 9 atom stereocenters. The van der Waals surface area contributed by atoms with Gasteiger partial charge in [-0.2, -0.15) is 0 Å². The van der Waals surface area contributed by atoms with Crippen LogP contribution in [0.3, 0.4) is 0 Å². The number of carboxylic acids is 1. The summed E-state index contributed by atoms with van der Waals surface area (Å²) in [4.78, 5) is 31.4. The normalized spacial score (nSPS) is 47.1. The first kappa shape index (κ1) is 23.8. The molecule has 6 rings (SSSR count). The van der Waals surface area contributed by atoms with Gasteiger partial charge in [0.25, 0.3) is 0 Å². The molecule has 4 fully saturated rings. The number of carboxylic acid groups (broad SMARTS) is 1. The van der Waals surface area contributed by atoms with Crippen molar-refractivity contribution in [2.45, 2.75) is 63.6 Å². The Labute approximate surface area is 208 Å². The Bertz CT molecular complexity index is 1230. The van der Waals surface area contributed by atoms with E-state index in [0.717, 1.165) is 17.3 Å². The standard InChI is InChI=1S/C28H31F2NO5/c1-15-6-4-5-7-22(15)31-14-16-10-18-19-12-21(29)20-11-17(32)8-9-25(20,2)27(19,30)23(33)13-26(18,3)28(16,36-31)24(34)35/h4-9,11,16,18-19,21,23,33H,10,12-14H2,1-3H3,(H,34,35)/t16-,18-,19-,21-,23-,25-,26-,27-,28-/m0/s1. The van der Waals surface area contributed by atoms with Crippen LogP contribution in [-0.2, 0) is 14.4 Å². The van der Waals surface area contributed by atoms with Crippen molar-refractivity contribution < 1.29 is 33.4 Å². The van der Waals surface area contributed by atoms with Crippen molar-refractivity contribution in [3.05, 3.63) is 53.6 Å². The first-order valence-electron chi connectivity index (χ1n) is 12.6. The lowest BCUT2D eigenvalue weighted by molar-refractivity contribution is -0.233. The minimum atomic E-state index is -2.24. The molecular formula is C28H31F2NO5. The molecule has 192 valence electrons. The minimum absolute atomic E-state index is 0.0597. The zero-order valence-corrected chi connectivity index (χ0v) is 20.6. The number of rotatable bonds is 2. The van der Waals surface area contributed by atoms with E-state index in [1.807, 2.05) is 31.2 Å². The highest BCUT2D eigenvalue weighted by molar-refractivity contribution is 6.01. The number of anilines is 1. The summed E-state index contributed by atoms with van der Waals surface area (Å²) in [5.74, 6) is -3.46. The fraction of sp³-hybridized carbons (Fsp3) is 0.571. The molecule has 0 radical (unpaired) electrons. The quantitative estimate of drug-likeness (QED) is 0.637. The summed E-state index contributed by atoms with van der Waals surface area (Å²) in [5, 5.41) is 23.7. The largest absolute Gasteiger partial charge is 0.479 e. The number of carbonyl (C=O) groups is 2. The number of aryl methyl sites for hydroxylation is 1. The number of para-hydroxylation sites is 1. The van der Waals surface area contributed by atoms with E-state index in [2.05, 4.69) is 0 Å². The van der Waals surface area contributed by atoms with Crippen LogP contribution in [-0.4, -0.2) is 52.1 Å². The molecule has 36 heavy (non-hydrogen) atoms. The third-order valence-electron chi connectivity index (χ3n) is 10.3. The average Bonchev–Trinajstić information content (AvgIpc) is 3.31. The minimum Gasteiger partial charge on any atom is -0.479 e.